The van der Waals surface area contributed by atoms with Crippen molar-refractivity contribution in [3.8, 4) is 0 Å². The first-order valence-corrected chi connectivity index (χ1v) is 7.19. The number of aromatic nitrogens is 4. The van der Waals surface area contributed by atoms with Crippen molar-refractivity contribution in [1.29, 1.82) is 0 Å². The predicted octanol–water partition coefficient (Wildman–Crippen LogP) is 2.27. The Bertz CT molecular complexity index is 670. The van der Waals surface area contributed by atoms with Crippen molar-refractivity contribution in [1.82, 2.24) is 19.9 Å². The summed E-state index contributed by atoms with van der Waals surface area (Å²) in [5, 5.41) is 0.449. The number of piperazine rings is 1. The molecule has 1 aliphatic rings. The minimum Gasteiger partial charge on any atom is -0.337 e. The van der Waals surface area contributed by atoms with Crippen molar-refractivity contribution in [3.05, 3.63) is 35.4 Å². The third kappa shape index (κ3) is 3.61. The minimum atomic E-state index is -4.48. The summed E-state index contributed by atoms with van der Waals surface area (Å²) in [4.78, 5) is 19.4. The van der Waals surface area contributed by atoms with Gasteiger partial charge in [0.1, 0.15) is 5.69 Å². The highest BCUT2D eigenvalue weighted by molar-refractivity contribution is 6.30. The third-order valence-corrected chi connectivity index (χ3v) is 3.58. The molecule has 3 rings (SSSR count). The molecule has 10 heteroatoms. The number of halogens is 4. The molecule has 23 heavy (non-hydrogen) atoms. The van der Waals surface area contributed by atoms with E-state index in [9.17, 15) is 13.2 Å². The van der Waals surface area contributed by atoms with Crippen LogP contribution in [0.25, 0.3) is 0 Å². The molecule has 0 aromatic carbocycles. The van der Waals surface area contributed by atoms with Crippen LogP contribution in [0.2, 0.25) is 5.02 Å². The van der Waals surface area contributed by atoms with Gasteiger partial charge in [-0.3, -0.25) is 0 Å². The van der Waals surface area contributed by atoms with E-state index in [-0.39, 0.29) is 5.95 Å². The fourth-order valence-corrected chi connectivity index (χ4v) is 2.33. The maximum absolute atomic E-state index is 12.7. The van der Waals surface area contributed by atoms with E-state index in [1.165, 1.54) is 12.4 Å². The zero-order valence-corrected chi connectivity index (χ0v) is 12.6. The van der Waals surface area contributed by atoms with Crippen LogP contribution in [0, 0.1) is 0 Å². The molecule has 1 fully saturated rings. The van der Waals surface area contributed by atoms with Crippen LogP contribution < -0.4 is 9.80 Å². The largest absolute Gasteiger partial charge is 0.433 e. The molecule has 0 unspecified atom stereocenters. The summed E-state index contributed by atoms with van der Waals surface area (Å²) in [7, 11) is 0. The van der Waals surface area contributed by atoms with Gasteiger partial charge in [0.15, 0.2) is 0 Å². The Kier molecular flexibility index (Phi) is 4.20. The van der Waals surface area contributed by atoms with Crippen molar-refractivity contribution in [3.63, 3.8) is 0 Å². The van der Waals surface area contributed by atoms with Gasteiger partial charge in [0.05, 0.1) is 17.4 Å². The van der Waals surface area contributed by atoms with E-state index in [4.69, 9.17) is 11.6 Å². The van der Waals surface area contributed by atoms with Gasteiger partial charge in [0.25, 0.3) is 0 Å². The van der Waals surface area contributed by atoms with Gasteiger partial charge in [-0.2, -0.15) is 13.2 Å². The lowest BCUT2D eigenvalue weighted by Crippen LogP contribution is -2.47. The van der Waals surface area contributed by atoms with Crippen LogP contribution in [0.15, 0.2) is 24.7 Å². The Morgan fingerprint density at radius 1 is 0.913 bits per heavy atom. The van der Waals surface area contributed by atoms with Crippen LogP contribution in [-0.4, -0.2) is 46.1 Å². The first kappa shape index (κ1) is 15.7. The first-order chi connectivity index (χ1) is 10.9. The second-order valence-electron chi connectivity index (χ2n) is 4.92. The zero-order valence-electron chi connectivity index (χ0n) is 11.8. The average molecular weight is 345 g/mol. The molecular formula is C13H12ClF3N6. The van der Waals surface area contributed by atoms with Crippen molar-refractivity contribution in [2.75, 3.05) is 36.0 Å². The van der Waals surface area contributed by atoms with Gasteiger partial charge in [-0.25, -0.2) is 19.9 Å². The third-order valence-electron chi connectivity index (χ3n) is 3.39. The predicted molar refractivity (Wildman–Crippen MR) is 78.5 cm³/mol. The van der Waals surface area contributed by atoms with E-state index in [0.29, 0.717) is 37.1 Å². The van der Waals surface area contributed by atoms with Gasteiger partial charge in [-0.15, -0.1) is 0 Å². The molecule has 1 aliphatic heterocycles. The van der Waals surface area contributed by atoms with E-state index in [0.717, 1.165) is 12.3 Å². The van der Waals surface area contributed by atoms with E-state index in [2.05, 4.69) is 19.9 Å². The molecule has 0 N–H and O–H groups in total. The smallest absolute Gasteiger partial charge is 0.337 e. The Morgan fingerprint density at radius 2 is 1.48 bits per heavy atom. The highest BCUT2D eigenvalue weighted by Crippen LogP contribution is 2.28. The topological polar surface area (TPSA) is 58.0 Å². The second-order valence-corrected chi connectivity index (χ2v) is 5.35. The quantitative estimate of drug-likeness (QED) is 0.833. The minimum absolute atomic E-state index is 0.0801. The van der Waals surface area contributed by atoms with Gasteiger partial charge >= 0.3 is 6.18 Å². The normalized spacial score (nSPS) is 15.8. The summed E-state index contributed by atoms with van der Waals surface area (Å²) in [5.41, 5.74) is -0.939. The molecule has 0 spiro atoms. The summed E-state index contributed by atoms with van der Waals surface area (Å²) >= 11 is 5.75. The Hall–Kier alpha value is -2.16. The molecule has 2 aromatic rings. The van der Waals surface area contributed by atoms with Crippen LogP contribution >= 0.6 is 11.6 Å². The molecule has 6 nitrogen and oxygen atoms in total. The lowest BCUT2D eigenvalue weighted by atomic mass is 10.3. The highest BCUT2D eigenvalue weighted by atomic mass is 35.5. The highest BCUT2D eigenvalue weighted by Gasteiger charge is 2.33. The van der Waals surface area contributed by atoms with Crippen LogP contribution in [0.4, 0.5) is 25.1 Å². The molecule has 0 amide bonds. The number of anilines is 2. The lowest BCUT2D eigenvalue weighted by molar-refractivity contribution is -0.141. The van der Waals surface area contributed by atoms with Crippen LogP contribution in [-0.2, 0) is 6.18 Å². The Balaban J connectivity index is 1.68. The van der Waals surface area contributed by atoms with Gasteiger partial charge in [-0.05, 0) is 6.07 Å². The van der Waals surface area contributed by atoms with Gasteiger partial charge in [-0.1, -0.05) is 11.6 Å². The van der Waals surface area contributed by atoms with Crippen molar-refractivity contribution < 1.29 is 13.2 Å². The molecule has 2 aromatic heterocycles. The molecule has 0 aliphatic carbocycles. The number of rotatable bonds is 2. The monoisotopic (exact) mass is 344 g/mol. The second kappa shape index (κ2) is 6.15. The fourth-order valence-electron chi connectivity index (χ4n) is 2.23. The molecular weight excluding hydrogens is 333 g/mol. The van der Waals surface area contributed by atoms with E-state index in [1.54, 1.807) is 4.90 Å². The van der Waals surface area contributed by atoms with Gasteiger partial charge < -0.3 is 9.80 Å². The van der Waals surface area contributed by atoms with Crippen LogP contribution in [0.1, 0.15) is 5.69 Å². The van der Waals surface area contributed by atoms with E-state index >= 15 is 0 Å². The standard InChI is InChI=1S/C13H12ClF3N6/c14-9-7-19-11(20-8-9)22-3-5-23(6-4-22)12-18-2-1-10(21-12)13(15,16)17/h1-2,7-8H,3-6H2. The SMILES string of the molecule is FC(F)(F)c1ccnc(N2CCN(c3ncc(Cl)cn3)CC2)n1. The summed E-state index contributed by atoms with van der Waals surface area (Å²) in [6.45, 7) is 2.07. The molecule has 0 saturated carbocycles. The number of nitrogens with zero attached hydrogens (tertiary/aromatic N) is 6. The molecule has 0 atom stereocenters. The van der Waals surface area contributed by atoms with Crippen molar-refractivity contribution >= 4 is 23.5 Å². The fraction of sp³-hybridized carbons (Fsp3) is 0.385. The number of alkyl halides is 3. The van der Waals surface area contributed by atoms with Crippen molar-refractivity contribution in [2.45, 2.75) is 6.18 Å². The molecule has 0 radical (unpaired) electrons. The Labute approximate surface area is 135 Å². The van der Waals surface area contributed by atoms with Crippen molar-refractivity contribution in [2.24, 2.45) is 0 Å². The van der Waals surface area contributed by atoms with E-state index in [1.807, 2.05) is 4.90 Å². The molecule has 3 heterocycles. The lowest BCUT2D eigenvalue weighted by Gasteiger charge is -2.34. The summed E-state index contributed by atoms with van der Waals surface area (Å²) in [6, 6.07) is 0.862. The summed E-state index contributed by atoms with van der Waals surface area (Å²) in [5.74, 6) is 0.621. The maximum Gasteiger partial charge on any atom is 0.433 e. The molecule has 0 bridgehead atoms. The zero-order chi connectivity index (χ0) is 16.4. The van der Waals surface area contributed by atoms with Gasteiger partial charge in [0, 0.05) is 32.4 Å². The van der Waals surface area contributed by atoms with Gasteiger partial charge in [0.2, 0.25) is 11.9 Å². The first-order valence-electron chi connectivity index (χ1n) is 6.81. The molecule has 1 saturated heterocycles. The van der Waals surface area contributed by atoms with Crippen LogP contribution in [0.5, 0.6) is 0 Å². The van der Waals surface area contributed by atoms with E-state index < -0.39 is 11.9 Å². The summed E-state index contributed by atoms with van der Waals surface area (Å²) < 4.78 is 38.1. The maximum atomic E-state index is 12.7. The summed E-state index contributed by atoms with van der Waals surface area (Å²) in [6.07, 6.45) is -0.338. The number of hydrogen-bond acceptors (Lipinski definition) is 6. The Morgan fingerprint density at radius 3 is 2.04 bits per heavy atom. The average Bonchev–Trinajstić information content (AvgIpc) is 2.55. The van der Waals surface area contributed by atoms with Crippen LogP contribution in [0.3, 0.4) is 0 Å². The molecule has 122 valence electrons. The number of hydrogen-bond donors (Lipinski definition) is 0.